The Morgan fingerprint density at radius 2 is 1.70 bits per heavy atom. The quantitative estimate of drug-likeness (QED) is 0.501. The summed E-state index contributed by atoms with van der Waals surface area (Å²) < 4.78 is 21.3. The molecule has 0 aliphatic carbocycles. The van der Waals surface area contributed by atoms with Crippen molar-refractivity contribution >= 4 is 23.4 Å². The Morgan fingerprint density at radius 1 is 1.00 bits per heavy atom. The van der Waals surface area contributed by atoms with E-state index in [9.17, 15) is 14.9 Å². The molecule has 138 valence electrons. The molecule has 0 aromatic heterocycles. The van der Waals surface area contributed by atoms with Crippen molar-refractivity contribution in [2.45, 2.75) is 0 Å². The van der Waals surface area contributed by atoms with Crippen molar-refractivity contribution < 1.29 is 28.7 Å². The second-order valence-corrected chi connectivity index (χ2v) is 5.70. The number of fused-ring (bicyclic) bond motifs is 2. The predicted molar refractivity (Wildman–Crippen MR) is 94.3 cm³/mol. The number of carbonyl (C=O) groups is 1. The van der Waals surface area contributed by atoms with Gasteiger partial charge in [-0.05, 0) is 24.3 Å². The number of amides is 1. The van der Waals surface area contributed by atoms with Crippen LogP contribution in [-0.4, -0.2) is 30.8 Å². The molecule has 0 atom stereocenters. The van der Waals surface area contributed by atoms with E-state index in [-0.39, 0.29) is 18.0 Å². The van der Waals surface area contributed by atoms with Crippen molar-refractivity contribution in [3.05, 3.63) is 52.1 Å². The van der Waals surface area contributed by atoms with Crippen LogP contribution in [0.1, 0.15) is 5.56 Å². The van der Waals surface area contributed by atoms with Crippen LogP contribution in [0.25, 0.3) is 6.08 Å². The normalized spacial score (nSPS) is 14.2. The minimum Gasteiger partial charge on any atom is -0.486 e. The molecule has 0 radical (unpaired) electrons. The van der Waals surface area contributed by atoms with Crippen LogP contribution >= 0.6 is 0 Å². The average Bonchev–Trinajstić information content (AvgIpc) is 3.13. The number of hydrogen-bond acceptors (Lipinski definition) is 7. The van der Waals surface area contributed by atoms with E-state index >= 15 is 0 Å². The zero-order chi connectivity index (χ0) is 18.8. The van der Waals surface area contributed by atoms with E-state index < -0.39 is 10.8 Å². The number of carbonyl (C=O) groups excluding carboxylic acids is 1. The number of nitro groups is 1. The molecule has 1 amide bonds. The summed E-state index contributed by atoms with van der Waals surface area (Å²) in [5.74, 6) is 1.42. The van der Waals surface area contributed by atoms with Crippen LogP contribution in [0.2, 0.25) is 0 Å². The lowest BCUT2D eigenvalue weighted by Crippen LogP contribution is -2.16. The highest BCUT2D eigenvalue weighted by molar-refractivity contribution is 6.02. The molecule has 0 fully saturated rings. The molecule has 9 heteroatoms. The van der Waals surface area contributed by atoms with Gasteiger partial charge in [-0.15, -0.1) is 0 Å². The topological polar surface area (TPSA) is 109 Å². The van der Waals surface area contributed by atoms with Gasteiger partial charge in [0.05, 0.1) is 16.6 Å². The van der Waals surface area contributed by atoms with Crippen LogP contribution in [0.15, 0.2) is 36.4 Å². The summed E-state index contributed by atoms with van der Waals surface area (Å²) in [6.45, 7) is 0.929. The molecule has 2 heterocycles. The Hall–Kier alpha value is -3.75. The monoisotopic (exact) mass is 370 g/mol. The molecule has 0 saturated heterocycles. The van der Waals surface area contributed by atoms with Gasteiger partial charge in [0.25, 0.3) is 5.69 Å². The fourth-order valence-corrected chi connectivity index (χ4v) is 2.71. The van der Waals surface area contributed by atoms with E-state index in [1.54, 1.807) is 18.2 Å². The van der Waals surface area contributed by atoms with Crippen molar-refractivity contribution in [3.8, 4) is 23.0 Å². The largest absolute Gasteiger partial charge is 0.486 e. The zero-order valence-electron chi connectivity index (χ0n) is 14.0. The number of nitro benzene ring substituents is 1. The average molecular weight is 370 g/mol. The molecule has 0 unspecified atom stereocenters. The molecular weight excluding hydrogens is 356 g/mol. The van der Waals surface area contributed by atoms with Gasteiger partial charge < -0.3 is 24.3 Å². The zero-order valence-corrected chi connectivity index (χ0v) is 14.0. The summed E-state index contributed by atoms with van der Waals surface area (Å²) in [7, 11) is 0. The number of benzene rings is 2. The van der Waals surface area contributed by atoms with Crippen LogP contribution in [0.3, 0.4) is 0 Å². The van der Waals surface area contributed by atoms with Gasteiger partial charge in [-0.1, -0.05) is 0 Å². The Kier molecular flexibility index (Phi) is 4.25. The molecule has 2 aliphatic rings. The minimum absolute atomic E-state index is 0.00422. The van der Waals surface area contributed by atoms with E-state index in [1.807, 2.05) is 0 Å². The molecule has 2 aromatic rings. The number of hydrogen-bond donors (Lipinski definition) is 1. The lowest BCUT2D eigenvalue weighted by Gasteiger charge is -2.18. The van der Waals surface area contributed by atoms with E-state index in [0.717, 1.165) is 0 Å². The van der Waals surface area contributed by atoms with Gasteiger partial charge in [0.1, 0.15) is 13.2 Å². The number of nitrogens with one attached hydrogen (secondary N) is 1. The Labute approximate surface area is 153 Å². The summed E-state index contributed by atoms with van der Waals surface area (Å²) in [5, 5.41) is 13.9. The maximum Gasteiger partial charge on any atom is 0.280 e. The fraction of sp³-hybridized carbons (Fsp3) is 0.167. The molecule has 4 rings (SSSR count). The van der Waals surface area contributed by atoms with Gasteiger partial charge in [0, 0.05) is 17.8 Å². The molecule has 0 saturated carbocycles. The van der Waals surface area contributed by atoms with Crippen molar-refractivity contribution in [1.82, 2.24) is 0 Å². The van der Waals surface area contributed by atoms with Crippen LogP contribution in [0, 0.1) is 10.1 Å². The molecule has 27 heavy (non-hydrogen) atoms. The number of anilines is 1. The maximum atomic E-state index is 12.2. The minimum atomic E-state index is -0.541. The highest BCUT2D eigenvalue weighted by Crippen LogP contribution is 2.38. The fourth-order valence-electron chi connectivity index (χ4n) is 2.71. The van der Waals surface area contributed by atoms with E-state index in [0.29, 0.717) is 41.9 Å². The van der Waals surface area contributed by atoms with Gasteiger partial charge in [-0.25, -0.2) is 0 Å². The summed E-state index contributed by atoms with van der Waals surface area (Å²) in [4.78, 5) is 22.9. The highest BCUT2D eigenvalue weighted by Gasteiger charge is 2.22. The number of rotatable bonds is 4. The van der Waals surface area contributed by atoms with Gasteiger partial charge in [0.15, 0.2) is 23.0 Å². The summed E-state index contributed by atoms with van der Waals surface area (Å²) in [6.07, 6.45) is 2.56. The third kappa shape index (κ3) is 3.47. The SMILES string of the molecule is O=C(/C=C/c1cc2c(cc1[N+](=O)[O-])OCO2)Nc1ccc2c(c1)OCCO2. The summed E-state index contributed by atoms with van der Waals surface area (Å²) in [5.41, 5.74) is 0.582. The molecule has 0 spiro atoms. The van der Waals surface area contributed by atoms with Crippen molar-refractivity contribution in [3.63, 3.8) is 0 Å². The standard InChI is InChI=1S/C18H14N2O7/c21-18(19-12-2-3-14-16(8-12)25-6-5-24-14)4-1-11-7-15-17(27-10-26-15)9-13(11)20(22)23/h1-4,7-9H,5-6,10H2,(H,19,21)/b4-1+. The Morgan fingerprint density at radius 3 is 2.48 bits per heavy atom. The third-order valence-electron chi connectivity index (χ3n) is 3.94. The number of nitrogens with zero attached hydrogens (tertiary/aromatic N) is 1. The van der Waals surface area contributed by atoms with Crippen molar-refractivity contribution in [1.29, 1.82) is 0 Å². The predicted octanol–water partition coefficient (Wildman–Crippen LogP) is 2.75. The molecule has 0 bridgehead atoms. The summed E-state index contributed by atoms with van der Waals surface area (Å²) >= 11 is 0. The first-order chi connectivity index (χ1) is 13.1. The molecule has 1 N–H and O–H groups in total. The first kappa shape index (κ1) is 16.7. The second kappa shape index (κ2) is 6.87. The van der Waals surface area contributed by atoms with E-state index in [1.165, 1.54) is 24.3 Å². The van der Waals surface area contributed by atoms with Crippen LogP contribution in [0.4, 0.5) is 11.4 Å². The smallest absolute Gasteiger partial charge is 0.280 e. The number of ether oxygens (including phenoxy) is 4. The lowest BCUT2D eigenvalue weighted by molar-refractivity contribution is -0.385. The van der Waals surface area contributed by atoms with Gasteiger partial charge in [-0.2, -0.15) is 0 Å². The Bertz CT molecular complexity index is 955. The van der Waals surface area contributed by atoms with Crippen LogP contribution in [-0.2, 0) is 4.79 Å². The first-order valence-corrected chi connectivity index (χ1v) is 8.07. The van der Waals surface area contributed by atoms with E-state index in [4.69, 9.17) is 18.9 Å². The van der Waals surface area contributed by atoms with Gasteiger partial charge in [-0.3, -0.25) is 14.9 Å². The first-order valence-electron chi connectivity index (χ1n) is 8.07. The second-order valence-electron chi connectivity index (χ2n) is 5.70. The van der Waals surface area contributed by atoms with Crippen LogP contribution in [0.5, 0.6) is 23.0 Å². The van der Waals surface area contributed by atoms with Gasteiger partial charge >= 0.3 is 0 Å². The molecule has 2 aromatic carbocycles. The van der Waals surface area contributed by atoms with Crippen molar-refractivity contribution in [2.75, 3.05) is 25.3 Å². The molecule has 9 nitrogen and oxygen atoms in total. The Balaban J connectivity index is 1.51. The van der Waals surface area contributed by atoms with Crippen molar-refractivity contribution in [2.24, 2.45) is 0 Å². The molecular formula is C18H14N2O7. The van der Waals surface area contributed by atoms with Gasteiger partial charge in [0.2, 0.25) is 12.7 Å². The van der Waals surface area contributed by atoms with E-state index in [2.05, 4.69) is 5.32 Å². The summed E-state index contributed by atoms with van der Waals surface area (Å²) in [6, 6.07) is 7.79. The lowest BCUT2D eigenvalue weighted by atomic mass is 10.1. The highest BCUT2D eigenvalue weighted by atomic mass is 16.7. The maximum absolute atomic E-state index is 12.2. The van der Waals surface area contributed by atoms with Crippen LogP contribution < -0.4 is 24.3 Å². The molecule has 2 aliphatic heterocycles. The third-order valence-corrected chi connectivity index (χ3v) is 3.94.